The Morgan fingerprint density at radius 1 is 1.18 bits per heavy atom. The maximum absolute atomic E-state index is 13.9. The second-order valence-corrected chi connectivity index (χ2v) is 10.1. The zero-order valence-electron chi connectivity index (χ0n) is 21.5. The third-order valence-electron chi connectivity index (χ3n) is 7.19. The Morgan fingerprint density at radius 2 is 1.97 bits per heavy atom. The van der Waals surface area contributed by atoms with Gasteiger partial charge in [0.2, 0.25) is 0 Å². The predicted molar refractivity (Wildman–Crippen MR) is 152 cm³/mol. The van der Waals surface area contributed by atoms with Gasteiger partial charge in [0.15, 0.2) is 0 Å². The average molecular weight is 535 g/mol. The lowest BCUT2D eigenvalue weighted by Crippen LogP contribution is -2.33. The number of nitrogens with zero attached hydrogens (tertiary/aromatic N) is 3. The van der Waals surface area contributed by atoms with Gasteiger partial charge < -0.3 is 21.5 Å². The van der Waals surface area contributed by atoms with Gasteiger partial charge in [0.05, 0.1) is 40.8 Å². The highest BCUT2D eigenvalue weighted by atomic mass is 35.5. The third-order valence-corrected chi connectivity index (χ3v) is 7.51. The van der Waals surface area contributed by atoms with Gasteiger partial charge in [-0.15, -0.1) is 0 Å². The van der Waals surface area contributed by atoms with Crippen molar-refractivity contribution < 1.29 is 9.13 Å². The number of amidine groups is 1. The van der Waals surface area contributed by atoms with Gasteiger partial charge in [-0.2, -0.15) is 5.10 Å². The van der Waals surface area contributed by atoms with E-state index in [-0.39, 0.29) is 23.6 Å². The van der Waals surface area contributed by atoms with Gasteiger partial charge in [-0.3, -0.25) is 0 Å². The first-order chi connectivity index (χ1) is 18.4. The molecule has 1 fully saturated rings. The lowest BCUT2D eigenvalue weighted by atomic mass is 9.91. The lowest BCUT2D eigenvalue weighted by molar-refractivity contribution is 0.411. The molecule has 9 heteroatoms. The molecule has 4 aromatic rings. The van der Waals surface area contributed by atoms with Crippen LogP contribution in [-0.4, -0.2) is 34.6 Å². The molecule has 0 saturated heterocycles. The van der Waals surface area contributed by atoms with Crippen LogP contribution in [0.3, 0.4) is 0 Å². The van der Waals surface area contributed by atoms with Crippen molar-refractivity contribution in [3.63, 3.8) is 0 Å². The predicted octanol–water partition coefficient (Wildman–Crippen LogP) is 6.08. The van der Waals surface area contributed by atoms with E-state index in [0.29, 0.717) is 10.6 Å². The fraction of sp³-hybridized carbons (Fsp3) is 0.310. The van der Waals surface area contributed by atoms with Crippen LogP contribution < -0.4 is 21.5 Å². The van der Waals surface area contributed by atoms with Crippen molar-refractivity contribution in [2.75, 3.05) is 12.4 Å². The van der Waals surface area contributed by atoms with E-state index in [0.717, 1.165) is 60.2 Å². The van der Waals surface area contributed by atoms with E-state index in [4.69, 9.17) is 27.8 Å². The summed E-state index contributed by atoms with van der Waals surface area (Å²) in [5.74, 6) is 0.588. The largest absolute Gasteiger partial charge is 0.497 e. The molecule has 2 heterocycles. The van der Waals surface area contributed by atoms with E-state index in [9.17, 15) is 4.39 Å². The standard InChI is InChI=1S/C29H32ClFN6O/c1-3-17-12-22(38-2)9-10-23(17)18-13-27-28(35-21-7-5-20(32)6-8-21)24(15-34-37(27)16-18)29(33)36-26-14-19(31)4-11-25(26)30/h4,9-16,20-21,35H,3,5-8,32H2,1-2H3,(H2,33,36)/t20-,21-. The summed E-state index contributed by atoms with van der Waals surface area (Å²) in [6.45, 7) is 2.12. The lowest BCUT2D eigenvalue weighted by Gasteiger charge is -2.28. The smallest absolute Gasteiger partial charge is 0.135 e. The van der Waals surface area contributed by atoms with Gasteiger partial charge in [-0.05, 0) is 73.6 Å². The van der Waals surface area contributed by atoms with Crippen molar-refractivity contribution in [2.24, 2.45) is 16.5 Å². The van der Waals surface area contributed by atoms with Crippen molar-refractivity contribution in [3.05, 3.63) is 76.8 Å². The quantitative estimate of drug-likeness (QED) is 0.197. The molecule has 1 aliphatic carbocycles. The molecule has 2 aromatic carbocycles. The van der Waals surface area contributed by atoms with Crippen LogP contribution in [0.5, 0.6) is 5.75 Å². The maximum atomic E-state index is 13.9. The fourth-order valence-corrected chi connectivity index (χ4v) is 5.21. The van der Waals surface area contributed by atoms with Crippen molar-refractivity contribution >= 4 is 34.3 Å². The monoisotopic (exact) mass is 534 g/mol. The van der Waals surface area contributed by atoms with Crippen molar-refractivity contribution in [1.29, 1.82) is 0 Å². The maximum Gasteiger partial charge on any atom is 0.135 e. The molecule has 7 nitrogen and oxygen atoms in total. The molecule has 1 aliphatic rings. The van der Waals surface area contributed by atoms with Crippen LogP contribution in [0.2, 0.25) is 5.02 Å². The van der Waals surface area contributed by atoms with Crippen molar-refractivity contribution in [1.82, 2.24) is 9.61 Å². The van der Waals surface area contributed by atoms with E-state index in [2.05, 4.69) is 40.5 Å². The molecule has 0 bridgehead atoms. The molecule has 0 aliphatic heterocycles. The molecule has 0 amide bonds. The minimum atomic E-state index is -0.436. The third kappa shape index (κ3) is 5.33. The van der Waals surface area contributed by atoms with Crippen LogP contribution in [0.1, 0.15) is 43.7 Å². The van der Waals surface area contributed by atoms with E-state index >= 15 is 0 Å². The summed E-state index contributed by atoms with van der Waals surface area (Å²) in [7, 11) is 1.67. The topological polar surface area (TPSA) is 103 Å². The number of aryl methyl sites for hydroxylation is 1. The molecule has 38 heavy (non-hydrogen) atoms. The summed E-state index contributed by atoms with van der Waals surface area (Å²) in [5, 5.41) is 8.68. The van der Waals surface area contributed by atoms with E-state index in [1.54, 1.807) is 13.3 Å². The molecule has 0 radical (unpaired) electrons. The Balaban J connectivity index is 1.63. The summed E-state index contributed by atoms with van der Waals surface area (Å²) in [6, 6.07) is 12.7. The number of halogens is 2. The number of benzene rings is 2. The van der Waals surface area contributed by atoms with Gasteiger partial charge in [0, 0.05) is 29.9 Å². The molecule has 0 atom stereocenters. The molecular formula is C29H32ClFN6O. The summed E-state index contributed by atoms with van der Waals surface area (Å²) < 4.78 is 21.2. The number of hydrogen-bond donors (Lipinski definition) is 3. The van der Waals surface area contributed by atoms with Gasteiger partial charge in [-0.25, -0.2) is 13.9 Å². The number of fused-ring (bicyclic) bond motifs is 1. The number of anilines is 1. The number of nitrogens with two attached hydrogens (primary N) is 2. The molecule has 5 N–H and O–H groups in total. The Bertz CT molecular complexity index is 1490. The zero-order valence-corrected chi connectivity index (χ0v) is 22.3. The van der Waals surface area contributed by atoms with E-state index in [1.165, 1.54) is 23.8 Å². The Hall–Kier alpha value is -3.62. The molecule has 1 saturated carbocycles. The number of rotatable bonds is 7. The first kappa shape index (κ1) is 26.0. The van der Waals surface area contributed by atoms with Crippen molar-refractivity contribution in [3.8, 4) is 16.9 Å². The SMILES string of the molecule is CCc1cc(OC)ccc1-c1cc2c(N[C@H]3CC[C@H](N)CC3)c(/C(N)=N/c3cc(F)ccc3Cl)cnn2c1. The zero-order chi connectivity index (χ0) is 26.8. The van der Waals surface area contributed by atoms with Crippen LogP contribution in [-0.2, 0) is 6.42 Å². The summed E-state index contributed by atoms with van der Waals surface area (Å²) >= 11 is 6.27. The van der Waals surface area contributed by atoms with Crippen LogP contribution in [0.25, 0.3) is 16.6 Å². The van der Waals surface area contributed by atoms with Crippen LogP contribution >= 0.6 is 11.6 Å². The van der Waals surface area contributed by atoms with Gasteiger partial charge in [-0.1, -0.05) is 24.6 Å². The molecule has 5 rings (SSSR count). The number of aliphatic imine (C=N–C) groups is 1. The summed E-state index contributed by atoms with van der Waals surface area (Å²) in [6.07, 6.45) is 8.37. The first-order valence-electron chi connectivity index (χ1n) is 12.9. The number of aromatic nitrogens is 2. The second-order valence-electron chi connectivity index (χ2n) is 9.72. The highest BCUT2D eigenvalue weighted by Gasteiger charge is 2.22. The molecule has 2 aromatic heterocycles. The highest BCUT2D eigenvalue weighted by molar-refractivity contribution is 6.33. The molecule has 198 valence electrons. The number of hydrogen-bond acceptors (Lipinski definition) is 5. The number of methoxy groups -OCH3 is 1. The van der Waals surface area contributed by atoms with Crippen molar-refractivity contribution in [2.45, 2.75) is 51.1 Å². The first-order valence-corrected chi connectivity index (χ1v) is 13.2. The number of nitrogens with one attached hydrogen (secondary N) is 1. The highest BCUT2D eigenvalue weighted by Crippen LogP contribution is 2.34. The minimum absolute atomic E-state index is 0.198. The Morgan fingerprint density at radius 3 is 2.71 bits per heavy atom. The Labute approximate surface area is 226 Å². The van der Waals surface area contributed by atoms with Gasteiger partial charge in [0.1, 0.15) is 17.4 Å². The van der Waals surface area contributed by atoms with Gasteiger partial charge >= 0.3 is 0 Å². The fourth-order valence-electron chi connectivity index (χ4n) is 5.05. The number of ether oxygens (including phenoxy) is 1. The van der Waals surface area contributed by atoms with Crippen LogP contribution in [0.15, 0.2) is 59.9 Å². The second kappa shape index (κ2) is 11.0. The normalized spacial score (nSPS) is 18.1. The van der Waals surface area contributed by atoms with E-state index in [1.807, 2.05) is 16.8 Å². The average Bonchev–Trinajstić information content (AvgIpc) is 3.36. The van der Waals surface area contributed by atoms with Crippen LogP contribution in [0.4, 0.5) is 15.8 Å². The summed E-state index contributed by atoms with van der Waals surface area (Å²) in [5.41, 5.74) is 18.6. The van der Waals surface area contributed by atoms with Gasteiger partial charge in [0.25, 0.3) is 0 Å². The Kier molecular flexibility index (Phi) is 7.53. The van der Waals surface area contributed by atoms with Crippen LogP contribution in [0, 0.1) is 5.82 Å². The van der Waals surface area contributed by atoms with E-state index < -0.39 is 5.82 Å². The molecule has 0 spiro atoms. The molecular weight excluding hydrogens is 503 g/mol. The minimum Gasteiger partial charge on any atom is -0.497 e. The molecule has 0 unspecified atom stereocenters. The summed E-state index contributed by atoms with van der Waals surface area (Å²) in [4.78, 5) is 4.47.